The average molecular weight is 394 g/mol. The molecule has 0 aliphatic carbocycles. The lowest BCUT2D eigenvalue weighted by Gasteiger charge is -2.21. The first-order chi connectivity index (χ1) is 12.4. The maximum atomic E-state index is 12.1. The summed E-state index contributed by atoms with van der Waals surface area (Å²) in [5.41, 5.74) is 7.03. The van der Waals surface area contributed by atoms with Crippen LogP contribution in [0.5, 0.6) is 0 Å². The molecule has 26 heavy (non-hydrogen) atoms. The molecule has 0 bridgehead atoms. The van der Waals surface area contributed by atoms with Gasteiger partial charge in [-0.05, 0) is 55.8 Å². The molecule has 0 radical (unpaired) electrons. The van der Waals surface area contributed by atoms with Crippen molar-refractivity contribution in [3.63, 3.8) is 0 Å². The Bertz CT molecular complexity index is 775. The van der Waals surface area contributed by atoms with Crippen LogP contribution in [-0.2, 0) is 11.2 Å². The molecule has 0 heterocycles. The van der Waals surface area contributed by atoms with Crippen molar-refractivity contribution >= 4 is 40.7 Å². The number of nitrogens with zero attached hydrogens (tertiary/aromatic N) is 1. The van der Waals surface area contributed by atoms with Crippen LogP contribution < -0.4 is 15.8 Å². The standard InChI is InChI=1S/C19H21Cl2N3O2/c1-3-24(4-2)15-8-6-14(7-9-15)19(26)23-22-18(25)12-13-5-10-16(20)17(21)11-13/h5-11H,3-4,12H2,1-2H3,(H,22,25)(H,23,26). The van der Waals surface area contributed by atoms with Crippen molar-refractivity contribution in [2.45, 2.75) is 20.3 Å². The Labute approximate surface area is 163 Å². The van der Waals surface area contributed by atoms with Gasteiger partial charge in [0.2, 0.25) is 5.91 Å². The number of rotatable bonds is 6. The van der Waals surface area contributed by atoms with Gasteiger partial charge in [0, 0.05) is 24.3 Å². The summed E-state index contributed by atoms with van der Waals surface area (Å²) in [6.07, 6.45) is 0.0814. The van der Waals surface area contributed by atoms with Gasteiger partial charge in [0.1, 0.15) is 0 Å². The lowest BCUT2D eigenvalue weighted by molar-refractivity contribution is -0.121. The minimum absolute atomic E-state index is 0.0814. The molecule has 2 rings (SSSR count). The van der Waals surface area contributed by atoms with Crippen LogP contribution in [0.4, 0.5) is 5.69 Å². The molecule has 0 aliphatic heterocycles. The van der Waals surface area contributed by atoms with E-state index in [-0.39, 0.29) is 18.2 Å². The molecule has 0 aromatic heterocycles. The van der Waals surface area contributed by atoms with E-state index in [0.717, 1.165) is 18.8 Å². The zero-order valence-electron chi connectivity index (χ0n) is 14.7. The molecule has 0 aliphatic rings. The van der Waals surface area contributed by atoms with Crippen molar-refractivity contribution in [1.82, 2.24) is 10.9 Å². The summed E-state index contributed by atoms with van der Waals surface area (Å²) in [5.74, 6) is -0.727. The van der Waals surface area contributed by atoms with Gasteiger partial charge in [-0.1, -0.05) is 29.3 Å². The van der Waals surface area contributed by atoms with Crippen molar-refractivity contribution in [3.8, 4) is 0 Å². The Kier molecular flexibility index (Phi) is 7.30. The molecule has 0 saturated heterocycles. The molecule has 0 saturated carbocycles. The molecule has 0 unspecified atom stereocenters. The van der Waals surface area contributed by atoms with Crippen LogP contribution in [0, 0.1) is 0 Å². The number of hydrazine groups is 1. The summed E-state index contributed by atoms with van der Waals surface area (Å²) in [5, 5.41) is 0.812. The smallest absolute Gasteiger partial charge is 0.269 e. The van der Waals surface area contributed by atoms with E-state index >= 15 is 0 Å². The van der Waals surface area contributed by atoms with Gasteiger partial charge in [-0.15, -0.1) is 0 Å². The van der Waals surface area contributed by atoms with Gasteiger partial charge in [-0.2, -0.15) is 0 Å². The fourth-order valence-electron chi connectivity index (χ4n) is 2.49. The molecular formula is C19H21Cl2N3O2. The highest BCUT2D eigenvalue weighted by atomic mass is 35.5. The highest BCUT2D eigenvalue weighted by Gasteiger charge is 2.10. The van der Waals surface area contributed by atoms with E-state index in [1.807, 2.05) is 12.1 Å². The molecule has 0 spiro atoms. The lowest BCUT2D eigenvalue weighted by atomic mass is 10.1. The van der Waals surface area contributed by atoms with Gasteiger partial charge in [-0.3, -0.25) is 20.4 Å². The number of halogens is 2. The quantitative estimate of drug-likeness (QED) is 0.732. The molecule has 7 heteroatoms. The minimum atomic E-state index is -0.376. The van der Waals surface area contributed by atoms with E-state index < -0.39 is 0 Å². The topological polar surface area (TPSA) is 61.4 Å². The highest BCUT2D eigenvalue weighted by Crippen LogP contribution is 2.22. The van der Waals surface area contributed by atoms with E-state index in [9.17, 15) is 9.59 Å². The number of hydrogen-bond donors (Lipinski definition) is 2. The van der Waals surface area contributed by atoms with Gasteiger partial charge in [0.05, 0.1) is 16.5 Å². The van der Waals surface area contributed by atoms with Gasteiger partial charge in [-0.25, -0.2) is 0 Å². The fourth-order valence-corrected chi connectivity index (χ4v) is 2.81. The molecule has 2 N–H and O–H groups in total. The van der Waals surface area contributed by atoms with Crippen LogP contribution in [-0.4, -0.2) is 24.9 Å². The predicted octanol–water partition coefficient (Wildman–Crippen LogP) is 3.84. The zero-order chi connectivity index (χ0) is 19.1. The fraction of sp³-hybridized carbons (Fsp3) is 0.263. The predicted molar refractivity (Wildman–Crippen MR) is 106 cm³/mol. The van der Waals surface area contributed by atoms with Crippen molar-refractivity contribution < 1.29 is 9.59 Å². The Hall–Kier alpha value is -2.24. The Morgan fingerprint density at radius 1 is 0.923 bits per heavy atom. The van der Waals surface area contributed by atoms with Gasteiger partial charge in [0.15, 0.2) is 0 Å². The SMILES string of the molecule is CCN(CC)c1ccc(C(=O)NNC(=O)Cc2ccc(Cl)c(Cl)c2)cc1. The van der Waals surface area contributed by atoms with Gasteiger partial charge < -0.3 is 4.90 Å². The number of nitrogens with one attached hydrogen (secondary N) is 2. The van der Waals surface area contributed by atoms with Crippen molar-refractivity contribution in [1.29, 1.82) is 0 Å². The highest BCUT2D eigenvalue weighted by molar-refractivity contribution is 6.42. The second kappa shape index (κ2) is 9.46. The van der Waals surface area contributed by atoms with E-state index in [4.69, 9.17) is 23.2 Å². The normalized spacial score (nSPS) is 10.3. The molecule has 138 valence electrons. The zero-order valence-corrected chi connectivity index (χ0v) is 16.2. The van der Waals surface area contributed by atoms with E-state index in [0.29, 0.717) is 21.2 Å². The number of amides is 2. The van der Waals surface area contributed by atoms with Gasteiger partial charge in [0.25, 0.3) is 5.91 Å². The third kappa shape index (κ3) is 5.38. The number of carbonyl (C=O) groups excluding carboxylic acids is 2. The van der Waals surface area contributed by atoms with E-state index in [1.165, 1.54) is 0 Å². The number of hydrogen-bond acceptors (Lipinski definition) is 3. The first-order valence-electron chi connectivity index (χ1n) is 8.32. The third-order valence-corrected chi connectivity index (χ3v) is 4.66. The maximum Gasteiger partial charge on any atom is 0.269 e. The molecule has 2 aromatic rings. The maximum absolute atomic E-state index is 12.1. The molecule has 0 fully saturated rings. The summed E-state index contributed by atoms with van der Waals surface area (Å²) in [6, 6.07) is 12.2. The number of anilines is 1. The van der Waals surface area contributed by atoms with Crippen LogP contribution in [0.2, 0.25) is 10.0 Å². The third-order valence-electron chi connectivity index (χ3n) is 3.92. The molecule has 0 atom stereocenters. The second-order valence-corrected chi connectivity index (χ2v) is 6.46. The van der Waals surface area contributed by atoms with Crippen LogP contribution in [0.15, 0.2) is 42.5 Å². The van der Waals surface area contributed by atoms with Gasteiger partial charge >= 0.3 is 0 Å². The van der Waals surface area contributed by atoms with Crippen molar-refractivity contribution in [3.05, 3.63) is 63.6 Å². The molecule has 2 amide bonds. The second-order valence-electron chi connectivity index (χ2n) is 5.65. The van der Waals surface area contributed by atoms with Crippen molar-refractivity contribution in [2.24, 2.45) is 0 Å². The first kappa shape index (κ1) is 20.1. The van der Waals surface area contributed by atoms with Crippen molar-refractivity contribution in [2.75, 3.05) is 18.0 Å². The van der Waals surface area contributed by atoms with Crippen LogP contribution in [0.1, 0.15) is 29.8 Å². The summed E-state index contributed by atoms with van der Waals surface area (Å²) >= 11 is 11.8. The Morgan fingerprint density at radius 3 is 2.15 bits per heavy atom. The summed E-state index contributed by atoms with van der Waals surface area (Å²) in [6.45, 7) is 5.95. The monoisotopic (exact) mass is 393 g/mol. The van der Waals surface area contributed by atoms with Crippen LogP contribution in [0.25, 0.3) is 0 Å². The lowest BCUT2D eigenvalue weighted by Crippen LogP contribution is -2.42. The first-order valence-corrected chi connectivity index (χ1v) is 9.08. The van der Waals surface area contributed by atoms with E-state index in [1.54, 1.807) is 30.3 Å². The van der Waals surface area contributed by atoms with Crippen LogP contribution in [0.3, 0.4) is 0 Å². The molecule has 2 aromatic carbocycles. The molecule has 5 nitrogen and oxygen atoms in total. The Morgan fingerprint density at radius 2 is 1.58 bits per heavy atom. The number of carbonyl (C=O) groups is 2. The minimum Gasteiger partial charge on any atom is -0.372 e. The summed E-state index contributed by atoms with van der Waals surface area (Å²) in [7, 11) is 0. The van der Waals surface area contributed by atoms with E-state index in [2.05, 4.69) is 29.6 Å². The Balaban J connectivity index is 1.89. The average Bonchev–Trinajstić information content (AvgIpc) is 2.64. The summed E-state index contributed by atoms with van der Waals surface area (Å²) in [4.78, 5) is 26.3. The molecular weight excluding hydrogens is 373 g/mol. The van der Waals surface area contributed by atoms with Crippen LogP contribution >= 0.6 is 23.2 Å². The largest absolute Gasteiger partial charge is 0.372 e. The number of benzene rings is 2. The summed E-state index contributed by atoms with van der Waals surface area (Å²) < 4.78 is 0.